The van der Waals surface area contributed by atoms with E-state index < -0.39 is 15.9 Å². The average molecular weight is 436 g/mol. The topological polar surface area (TPSA) is 131 Å². The molecule has 10 heteroatoms. The molecule has 2 aliphatic rings. The molecule has 2 aliphatic carbocycles. The molecule has 2 amide bonds. The first kappa shape index (κ1) is 20.4. The highest BCUT2D eigenvalue weighted by Gasteiger charge is 2.30. The number of anilines is 1. The average Bonchev–Trinajstić information content (AvgIpc) is 3.41. The third kappa shape index (κ3) is 3.81. The summed E-state index contributed by atoms with van der Waals surface area (Å²) >= 11 is 1.11. The highest BCUT2D eigenvalue weighted by molar-refractivity contribution is 7.93. The number of nitrogens with one attached hydrogen (secondary N) is 1. The number of pyridine rings is 1. The number of nitrogens with zero attached hydrogens (tertiary/aromatic N) is 3. The second kappa shape index (κ2) is 7.75. The van der Waals surface area contributed by atoms with Crippen molar-refractivity contribution in [3.05, 3.63) is 33.7 Å². The van der Waals surface area contributed by atoms with Crippen LogP contribution >= 0.6 is 11.3 Å². The maximum atomic E-state index is 12.9. The Morgan fingerprint density at radius 2 is 2.24 bits per heavy atom. The number of amides is 2. The Kier molecular flexibility index (Phi) is 5.45. The van der Waals surface area contributed by atoms with Crippen molar-refractivity contribution in [3.63, 3.8) is 0 Å². The molecular weight excluding hydrogens is 410 g/mol. The van der Waals surface area contributed by atoms with Gasteiger partial charge in [-0.2, -0.15) is 0 Å². The second-order valence-electron chi connectivity index (χ2n) is 7.76. The van der Waals surface area contributed by atoms with Crippen molar-refractivity contribution in [2.24, 2.45) is 9.50 Å². The van der Waals surface area contributed by atoms with Gasteiger partial charge in [-0.1, -0.05) is 13.8 Å². The third-order valence-electron chi connectivity index (χ3n) is 5.59. The van der Waals surface area contributed by atoms with Crippen molar-refractivity contribution in [2.45, 2.75) is 62.0 Å². The molecule has 29 heavy (non-hydrogen) atoms. The monoisotopic (exact) mass is 435 g/mol. The van der Waals surface area contributed by atoms with Crippen molar-refractivity contribution in [1.82, 2.24) is 9.97 Å². The van der Waals surface area contributed by atoms with Gasteiger partial charge in [-0.25, -0.2) is 19.1 Å². The molecule has 4 N–H and O–H groups in total. The van der Waals surface area contributed by atoms with E-state index in [2.05, 4.69) is 21.6 Å². The van der Waals surface area contributed by atoms with E-state index in [1.54, 1.807) is 6.92 Å². The minimum atomic E-state index is -3.42. The lowest BCUT2D eigenvalue weighted by atomic mass is 10.0. The Balaban J connectivity index is 1.64. The number of fused-ring (bicyclic) bond motifs is 2. The minimum absolute atomic E-state index is 0.0764. The minimum Gasteiger partial charge on any atom is -0.396 e. The van der Waals surface area contributed by atoms with Gasteiger partial charge >= 0.3 is 6.03 Å². The van der Waals surface area contributed by atoms with E-state index in [1.165, 1.54) is 6.20 Å². The molecule has 156 valence electrons. The Labute approximate surface area is 174 Å². The Morgan fingerprint density at radius 1 is 1.45 bits per heavy atom. The van der Waals surface area contributed by atoms with Gasteiger partial charge in [0.2, 0.25) is 0 Å². The number of aromatic nitrogens is 2. The molecule has 8 nitrogen and oxygen atoms in total. The molecule has 0 aliphatic heterocycles. The summed E-state index contributed by atoms with van der Waals surface area (Å²) in [7, 11) is -3.42. The van der Waals surface area contributed by atoms with E-state index in [0.29, 0.717) is 10.9 Å². The van der Waals surface area contributed by atoms with Crippen molar-refractivity contribution in [2.75, 3.05) is 11.9 Å². The van der Waals surface area contributed by atoms with Crippen LogP contribution in [0.2, 0.25) is 0 Å². The van der Waals surface area contributed by atoms with Crippen LogP contribution in [0, 0.1) is 0 Å². The highest BCUT2D eigenvalue weighted by atomic mass is 32.2. The number of carbonyl (C=O) groups is 1. The maximum Gasteiger partial charge on any atom is 0.354 e. The number of rotatable bonds is 4. The summed E-state index contributed by atoms with van der Waals surface area (Å²) in [5.74, 6) is 0.174. The number of carbonyl (C=O) groups excluding carboxylic acids is 1. The van der Waals surface area contributed by atoms with E-state index in [0.717, 1.165) is 71.6 Å². The molecule has 3 atom stereocenters. The summed E-state index contributed by atoms with van der Waals surface area (Å²) in [6, 6.07) is -0.718. The molecule has 2 heterocycles. The standard InChI is InChI=1S/C19H25N5O3S2/c1-10-6-7-13-16(10)22-14-5-3-4-12(14)17(13)23-19(26)24-29(20,27)15-8-21-18(28-15)11(2)9-25/h8,10-11,25H,3-7,9H2,1-2H3,(H3,20,22,23,24,26,27)/t10-,11+,29?/m0/s1. The van der Waals surface area contributed by atoms with Crippen LogP contribution in [0.3, 0.4) is 0 Å². The lowest BCUT2D eigenvalue weighted by molar-refractivity contribution is 0.260. The third-order valence-corrected chi connectivity index (χ3v) is 8.70. The second-order valence-corrected chi connectivity index (χ2v) is 10.8. The highest BCUT2D eigenvalue weighted by Crippen LogP contribution is 2.41. The Hall–Kier alpha value is -1.88. The number of thiazole rings is 1. The van der Waals surface area contributed by atoms with Crippen LogP contribution in [0.1, 0.15) is 66.0 Å². The number of hydrogen-bond donors (Lipinski definition) is 3. The summed E-state index contributed by atoms with van der Waals surface area (Å²) in [5.41, 5.74) is 5.03. The van der Waals surface area contributed by atoms with Gasteiger partial charge in [0.05, 0.1) is 23.5 Å². The zero-order chi connectivity index (χ0) is 20.8. The van der Waals surface area contributed by atoms with Gasteiger partial charge in [-0.05, 0) is 49.1 Å². The van der Waals surface area contributed by atoms with E-state index in [4.69, 9.17) is 10.1 Å². The normalized spacial score (nSPS) is 20.6. The SMILES string of the molecule is C[C@H](CO)c1ncc(S(N)(=O)=NC(=O)Nc2c3c(nc4c2CC[C@@H]4C)CCC3)s1. The first-order valence-corrected chi connectivity index (χ1v) is 12.2. The van der Waals surface area contributed by atoms with Crippen molar-refractivity contribution >= 4 is 33.0 Å². The van der Waals surface area contributed by atoms with E-state index in [1.807, 2.05) is 0 Å². The lowest BCUT2D eigenvalue weighted by Crippen LogP contribution is -2.18. The van der Waals surface area contributed by atoms with Crippen LogP contribution in [0.4, 0.5) is 10.5 Å². The van der Waals surface area contributed by atoms with Crippen LogP contribution in [0.25, 0.3) is 0 Å². The van der Waals surface area contributed by atoms with Crippen molar-refractivity contribution < 1.29 is 14.1 Å². The number of nitrogens with two attached hydrogens (primary N) is 1. The quantitative estimate of drug-likeness (QED) is 0.679. The fourth-order valence-electron chi connectivity index (χ4n) is 3.96. The first-order valence-electron chi connectivity index (χ1n) is 9.77. The van der Waals surface area contributed by atoms with Gasteiger partial charge in [0.15, 0.2) is 9.92 Å². The number of aliphatic hydroxyl groups excluding tert-OH is 1. The lowest BCUT2D eigenvalue weighted by Gasteiger charge is -2.15. The van der Waals surface area contributed by atoms with Crippen LogP contribution < -0.4 is 10.5 Å². The smallest absolute Gasteiger partial charge is 0.354 e. The number of aliphatic hydroxyl groups is 1. The molecule has 4 rings (SSSR count). The van der Waals surface area contributed by atoms with Gasteiger partial charge in [0.25, 0.3) is 0 Å². The fraction of sp³-hybridized carbons (Fsp3) is 0.526. The van der Waals surface area contributed by atoms with Crippen LogP contribution in [0.5, 0.6) is 0 Å². The molecule has 0 bridgehead atoms. The predicted molar refractivity (Wildman–Crippen MR) is 113 cm³/mol. The maximum absolute atomic E-state index is 12.9. The summed E-state index contributed by atoms with van der Waals surface area (Å²) in [5, 5.41) is 18.6. The molecular formula is C19H25N5O3S2. The summed E-state index contributed by atoms with van der Waals surface area (Å²) in [6.45, 7) is 3.88. The summed E-state index contributed by atoms with van der Waals surface area (Å²) < 4.78 is 16.9. The van der Waals surface area contributed by atoms with E-state index in [-0.39, 0.29) is 16.7 Å². The van der Waals surface area contributed by atoms with Gasteiger partial charge in [0, 0.05) is 17.3 Å². The van der Waals surface area contributed by atoms with E-state index in [9.17, 15) is 14.1 Å². The van der Waals surface area contributed by atoms with Crippen LogP contribution in [-0.4, -0.2) is 31.9 Å². The molecule has 0 saturated carbocycles. The Morgan fingerprint density at radius 3 is 3.00 bits per heavy atom. The zero-order valence-electron chi connectivity index (χ0n) is 16.5. The molecule has 0 spiro atoms. The number of urea groups is 1. The molecule has 2 aromatic heterocycles. The number of hydrogen-bond acceptors (Lipinski definition) is 6. The molecule has 0 radical (unpaired) electrons. The molecule has 1 unspecified atom stereocenters. The van der Waals surface area contributed by atoms with Gasteiger partial charge in [0.1, 0.15) is 4.21 Å². The molecule has 0 aromatic carbocycles. The first-order chi connectivity index (χ1) is 13.8. The Bertz CT molecular complexity index is 1090. The van der Waals surface area contributed by atoms with Crippen LogP contribution in [0.15, 0.2) is 14.8 Å². The van der Waals surface area contributed by atoms with Gasteiger partial charge < -0.3 is 10.4 Å². The number of aryl methyl sites for hydroxylation is 1. The fourth-order valence-corrected chi connectivity index (χ4v) is 6.09. The molecule has 0 fully saturated rings. The van der Waals surface area contributed by atoms with Gasteiger partial charge in [-0.3, -0.25) is 4.98 Å². The van der Waals surface area contributed by atoms with Crippen LogP contribution in [-0.2, 0) is 29.2 Å². The van der Waals surface area contributed by atoms with Crippen molar-refractivity contribution in [1.29, 1.82) is 0 Å². The van der Waals surface area contributed by atoms with Gasteiger partial charge in [-0.15, -0.1) is 15.7 Å². The molecule has 2 aromatic rings. The van der Waals surface area contributed by atoms with E-state index >= 15 is 0 Å². The predicted octanol–water partition coefficient (Wildman–Crippen LogP) is 3.11. The summed E-state index contributed by atoms with van der Waals surface area (Å²) in [6.07, 6.45) is 6.03. The molecule has 0 saturated heterocycles. The summed E-state index contributed by atoms with van der Waals surface area (Å²) in [4.78, 5) is 21.7. The largest absolute Gasteiger partial charge is 0.396 e. The zero-order valence-corrected chi connectivity index (χ0v) is 18.1. The van der Waals surface area contributed by atoms with Crippen molar-refractivity contribution in [3.8, 4) is 0 Å².